The van der Waals surface area contributed by atoms with Gasteiger partial charge in [-0.1, -0.05) is 24.3 Å². The van der Waals surface area contributed by atoms with Crippen LogP contribution in [0.5, 0.6) is 0 Å². The lowest BCUT2D eigenvalue weighted by Gasteiger charge is -2.11. The zero-order valence-corrected chi connectivity index (χ0v) is 11.2. The molecule has 0 saturated carbocycles. The van der Waals surface area contributed by atoms with Crippen LogP contribution in [0.3, 0.4) is 0 Å². The van der Waals surface area contributed by atoms with E-state index in [-0.39, 0.29) is 5.78 Å². The summed E-state index contributed by atoms with van der Waals surface area (Å²) in [5.41, 5.74) is 1.62. The average Bonchev–Trinajstić information content (AvgIpc) is 2.47. The third-order valence-electron chi connectivity index (χ3n) is 3.16. The van der Waals surface area contributed by atoms with E-state index in [0.717, 1.165) is 16.1 Å². The molecule has 0 amide bonds. The van der Waals surface area contributed by atoms with Crippen molar-refractivity contribution in [1.82, 2.24) is 9.88 Å². The SMILES string of the molecule is CN1C=CC(=C/C=c2\ccc3c(n2)C(=O)C=CC=3)C=C1. The van der Waals surface area contributed by atoms with E-state index in [0.29, 0.717) is 5.69 Å². The molecule has 3 heteroatoms. The molecule has 1 aromatic heterocycles. The minimum absolute atomic E-state index is 0.0375. The van der Waals surface area contributed by atoms with Gasteiger partial charge in [-0.05, 0) is 35.9 Å². The lowest BCUT2D eigenvalue weighted by molar-refractivity contribution is 0.104. The van der Waals surface area contributed by atoms with Crippen molar-refractivity contribution in [3.8, 4) is 0 Å². The lowest BCUT2D eigenvalue weighted by atomic mass is 10.1. The van der Waals surface area contributed by atoms with Crippen molar-refractivity contribution in [3.05, 3.63) is 76.7 Å². The number of aromatic nitrogens is 1. The second kappa shape index (κ2) is 5.13. The summed E-state index contributed by atoms with van der Waals surface area (Å²) >= 11 is 0. The molecule has 2 heterocycles. The quantitative estimate of drug-likeness (QED) is 0.764. The molecule has 0 aromatic carbocycles. The summed E-state index contributed by atoms with van der Waals surface area (Å²) < 4.78 is 0. The van der Waals surface area contributed by atoms with Gasteiger partial charge in [0, 0.05) is 24.7 Å². The predicted molar refractivity (Wildman–Crippen MR) is 80.0 cm³/mol. The number of carbonyl (C=O) groups is 1. The molecule has 0 fully saturated rings. The molecular weight excluding hydrogens is 248 g/mol. The van der Waals surface area contributed by atoms with Crippen molar-refractivity contribution in [2.24, 2.45) is 0 Å². The fourth-order valence-electron chi connectivity index (χ4n) is 2.03. The largest absolute Gasteiger partial charge is 0.357 e. The van der Waals surface area contributed by atoms with Crippen LogP contribution in [-0.4, -0.2) is 22.7 Å². The van der Waals surface area contributed by atoms with E-state index in [1.54, 1.807) is 12.2 Å². The van der Waals surface area contributed by atoms with Gasteiger partial charge in [0.25, 0.3) is 0 Å². The highest BCUT2D eigenvalue weighted by atomic mass is 16.1. The molecule has 20 heavy (non-hydrogen) atoms. The van der Waals surface area contributed by atoms with Gasteiger partial charge in [0.15, 0.2) is 0 Å². The summed E-state index contributed by atoms with van der Waals surface area (Å²) in [6.07, 6.45) is 17.1. The maximum Gasteiger partial charge on any atom is 0.204 e. The number of nitrogens with zero attached hydrogens (tertiary/aromatic N) is 2. The molecule has 0 unspecified atom stereocenters. The second-order valence-electron chi connectivity index (χ2n) is 4.69. The van der Waals surface area contributed by atoms with Gasteiger partial charge in [0.05, 0.1) is 5.35 Å². The molecule has 1 aliphatic carbocycles. The van der Waals surface area contributed by atoms with E-state index in [4.69, 9.17) is 0 Å². The lowest BCUT2D eigenvalue weighted by Crippen LogP contribution is -2.24. The smallest absolute Gasteiger partial charge is 0.204 e. The first-order chi connectivity index (χ1) is 9.72. The Morgan fingerprint density at radius 3 is 2.70 bits per heavy atom. The van der Waals surface area contributed by atoms with Crippen LogP contribution < -0.4 is 10.6 Å². The summed E-state index contributed by atoms with van der Waals surface area (Å²) in [6.45, 7) is 0. The Hall–Kier alpha value is -2.68. The topological polar surface area (TPSA) is 33.2 Å². The highest BCUT2D eigenvalue weighted by molar-refractivity contribution is 6.05. The number of pyridine rings is 1. The number of rotatable bonds is 1. The van der Waals surface area contributed by atoms with Gasteiger partial charge < -0.3 is 4.90 Å². The van der Waals surface area contributed by atoms with Crippen molar-refractivity contribution >= 4 is 17.9 Å². The van der Waals surface area contributed by atoms with Gasteiger partial charge in [-0.15, -0.1) is 0 Å². The van der Waals surface area contributed by atoms with Crippen LogP contribution in [0, 0.1) is 0 Å². The van der Waals surface area contributed by atoms with Crippen molar-refractivity contribution < 1.29 is 4.79 Å². The van der Waals surface area contributed by atoms with Crippen LogP contribution in [0.1, 0.15) is 10.5 Å². The number of allylic oxidation sites excluding steroid dienone is 6. The number of fused-ring (bicyclic) bond motifs is 1. The zero-order valence-electron chi connectivity index (χ0n) is 11.2. The summed E-state index contributed by atoms with van der Waals surface area (Å²) in [4.78, 5) is 18.1. The van der Waals surface area contributed by atoms with Gasteiger partial charge in [-0.3, -0.25) is 4.79 Å². The first kappa shape index (κ1) is 12.4. The minimum Gasteiger partial charge on any atom is -0.357 e. The Morgan fingerprint density at radius 1 is 1.10 bits per heavy atom. The summed E-state index contributed by atoms with van der Waals surface area (Å²) in [6, 6.07) is 3.84. The normalized spacial score (nSPS) is 17.2. The number of hydrogen-bond acceptors (Lipinski definition) is 3. The second-order valence-corrected chi connectivity index (χ2v) is 4.69. The first-order valence-corrected chi connectivity index (χ1v) is 6.42. The summed E-state index contributed by atoms with van der Waals surface area (Å²) in [5.74, 6) is -0.0375. The molecule has 98 valence electrons. The fourth-order valence-corrected chi connectivity index (χ4v) is 2.03. The molecule has 0 N–H and O–H groups in total. The highest BCUT2D eigenvalue weighted by Gasteiger charge is 2.07. The van der Waals surface area contributed by atoms with Gasteiger partial charge in [0.1, 0.15) is 5.69 Å². The summed E-state index contributed by atoms with van der Waals surface area (Å²) in [7, 11) is 1.98. The number of hydrogen-bond donors (Lipinski definition) is 0. The van der Waals surface area contributed by atoms with Crippen LogP contribution in [0.15, 0.2) is 60.5 Å². The van der Waals surface area contributed by atoms with E-state index in [9.17, 15) is 4.79 Å². The van der Waals surface area contributed by atoms with E-state index in [2.05, 4.69) is 4.98 Å². The van der Waals surface area contributed by atoms with Gasteiger partial charge in [0.2, 0.25) is 5.78 Å². The zero-order chi connectivity index (χ0) is 13.9. The first-order valence-electron chi connectivity index (χ1n) is 6.42. The molecule has 3 rings (SSSR count). The standard InChI is InChI=1S/C17H14N2O/c1-19-11-9-13(10-12-19)5-7-15-8-6-14-3-2-4-16(20)17(14)18-15/h2-12H,1H3/b15-7+. The van der Waals surface area contributed by atoms with Gasteiger partial charge >= 0.3 is 0 Å². The molecule has 0 radical (unpaired) electrons. The monoisotopic (exact) mass is 262 g/mol. The van der Waals surface area contributed by atoms with E-state index >= 15 is 0 Å². The van der Waals surface area contributed by atoms with Crippen molar-refractivity contribution in [2.75, 3.05) is 7.05 Å². The van der Waals surface area contributed by atoms with Gasteiger partial charge in [-0.25, -0.2) is 4.98 Å². The maximum absolute atomic E-state index is 11.8. The summed E-state index contributed by atoms with van der Waals surface area (Å²) in [5, 5.41) is 1.66. The molecule has 0 spiro atoms. The molecule has 3 nitrogen and oxygen atoms in total. The van der Waals surface area contributed by atoms with Crippen LogP contribution in [0.4, 0.5) is 0 Å². The van der Waals surface area contributed by atoms with Crippen LogP contribution >= 0.6 is 0 Å². The van der Waals surface area contributed by atoms with E-state index in [1.807, 2.05) is 66.9 Å². The van der Waals surface area contributed by atoms with Crippen LogP contribution in [0.2, 0.25) is 0 Å². The Bertz CT molecular complexity index is 779. The highest BCUT2D eigenvalue weighted by Crippen LogP contribution is 2.07. The van der Waals surface area contributed by atoms with Crippen molar-refractivity contribution in [1.29, 1.82) is 0 Å². The molecule has 0 atom stereocenters. The van der Waals surface area contributed by atoms with Crippen molar-refractivity contribution in [3.63, 3.8) is 0 Å². The van der Waals surface area contributed by atoms with Crippen molar-refractivity contribution in [2.45, 2.75) is 0 Å². The molecule has 2 aliphatic rings. The van der Waals surface area contributed by atoms with Crippen LogP contribution in [0.25, 0.3) is 12.2 Å². The molecule has 0 bridgehead atoms. The molecular formula is C17H14N2O. The van der Waals surface area contributed by atoms with E-state index < -0.39 is 0 Å². The third kappa shape index (κ3) is 2.52. The average molecular weight is 262 g/mol. The predicted octanol–water partition coefficient (Wildman–Crippen LogP) is 1.29. The van der Waals surface area contributed by atoms with Gasteiger partial charge in [-0.2, -0.15) is 0 Å². The Kier molecular flexibility index (Phi) is 3.17. The number of carbonyl (C=O) groups excluding carboxylic acids is 1. The molecule has 1 aliphatic heterocycles. The third-order valence-corrected chi connectivity index (χ3v) is 3.16. The fraction of sp³-hybridized carbons (Fsp3) is 0.0588. The Labute approximate surface area is 117 Å². The number of ketones is 1. The minimum atomic E-state index is -0.0375. The Balaban J connectivity index is 1.97. The van der Waals surface area contributed by atoms with Crippen LogP contribution in [-0.2, 0) is 0 Å². The molecule has 1 aromatic rings. The molecule has 0 saturated heterocycles. The van der Waals surface area contributed by atoms with E-state index in [1.165, 1.54) is 0 Å². The maximum atomic E-state index is 11.8. The Morgan fingerprint density at radius 2 is 1.90 bits per heavy atom.